The van der Waals surface area contributed by atoms with E-state index in [-0.39, 0.29) is 11.5 Å². The minimum absolute atomic E-state index is 0.216. The summed E-state index contributed by atoms with van der Waals surface area (Å²) in [6.07, 6.45) is 3.23. The average Bonchev–Trinajstić information content (AvgIpc) is 3.11. The van der Waals surface area contributed by atoms with E-state index in [1.807, 2.05) is 6.26 Å². The Morgan fingerprint density at radius 2 is 1.81 bits per heavy atom. The molecule has 3 rings (SSSR count). The molecule has 8 heteroatoms. The fraction of sp³-hybridized carbons (Fsp3) is 0.105. The van der Waals surface area contributed by atoms with Gasteiger partial charge < -0.3 is 11.1 Å². The zero-order valence-corrected chi connectivity index (χ0v) is 15.2. The number of nitrogens with two attached hydrogens (primary N) is 1. The largest absolute Gasteiger partial charge is 0.368 e. The number of imidazole rings is 1. The van der Waals surface area contributed by atoms with Gasteiger partial charge in [0.25, 0.3) is 5.91 Å². The highest BCUT2D eigenvalue weighted by Gasteiger charge is 2.24. The summed E-state index contributed by atoms with van der Waals surface area (Å²) >= 11 is 1.34. The molecule has 1 heterocycles. The fourth-order valence-electron chi connectivity index (χ4n) is 2.65. The van der Waals surface area contributed by atoms with Crippen LogP contribution in [0.2, 0.25) is 0 Å². The second-order valence-corrected chi connectivity index (χ2v) is 6.43. The van der Waals surface area contributed by atoms with Crippen LogP contribution >= 0.6 is 11.8 Å². The molecular formula is C19H17FN4O2S. The first kappa shape index (κ1) is 18.7. The van der Waals surface area contributed by atoms with Crippen LogP contribution in [0, 0.1) is 5.82 Å². The van der Waals surface area contributed by atoms with E-state index >= 15 is 0 Å². The number of aromatic nitrogens is 2. The lowest BCUT2D eigenvalue weighted by Gasteiger charge is -2.17. The lowest BCUT2D eigenvalue weighted by Crippen LogP contribution is -2.38. The molecular weight excluding hydrogens is 367 g/mol. The molecule has 0 aliphatic carbocycles. The Balaban J connectivity index is 1.96. The van der Waals surface area contributed by atoms with Gasteiger partial charge in [0.2, 0.25) is 5.91 Å². The van der Waals surface area contributed by atoms with Gasteiger partial charge in [-0.25, -0.2) is 9.37 Å². The quantitative estimate of drug-likeness (QED) is 0.640. The number of hydrogen-bond acceptors (Lipinski definition) is 4. The number of nitrogens with zero attached hydrogens (tertiary/aromatic N) is 2. The Kier molecular flexibility index (Phi) is 5.56. The molecule has 1 unspecified atom stereocenters. The lowest BCUT2D eigenvalue weighted by atomic mass is 10.1. The summed E-state index contributed by atoms with van der Waals surface area (Å²) in [5.41, 5.74) is 6.85. The summed E-state index contributed by atoms with van der Waals surface area (Å²) in [5, 5.41) is 3.21. The first-order valence-corrected chi connectivity index (χ1v) is 9.26. The third-order valence-electron chi connectivity index (χ3n) is 3.92. The fourth-order valence-corrected chi connectivity index (χ4v) is 3.19. The molecule has 2 amide bonds. The Morgan fingerprint density at radius 3 is 2.41 bits per heavy atom. The van der Waals surface area contributed by atoms with Crippen molar-refractivity contribution in [3.8, 4) is 5.69 Å². The van der Waals surface area contributed by atoms with E-state index in [2.05, 4.69) is 10.3 Å². The van der Waals surface area contributed by atoms with Crippen LogP contribution in [0.5, 0.6) is 0 Å². The van der Waals surface area contributed by atoms with Gasteiger partial charge >= 0.3 is 0 Å². The maximum atomic E-state index is 13.3. The number of carbonyl (C=O) groups is 2. The third-order valence-corrected chi connectivity index (χ3v) is 4.58. The van der Waals surface area contributed by atoms with Crippen molar-refractivity contribution < 1.29 is 14.0 Å². The van der Waals surface area contributed by atoms with Gasteiger partial charge in [-0.3, -0.25) is 14.2 Å². The summed E-state index contributed by atoms with van der Waals surface area (Å²) in [6, 6.07) is 13.5. The molecule has 0 bridgehead atoms. The summed E-state index contributed by atoms with van der Waals surface area (Å²) < 4.78 is 14.9. The Hall–Kier alpha value is -3.13. The van der Waals surface area contributed by atoms with Crippen molar-refractivity contribution in [2.24, 2.45) is 5.73 Å². The molecule has 0 aliphatic heterocycles. The van der Waals surface area contributed by atoms with Crippen LogP contribution in [-0.2, 0) is 4.79 Å². The van der Waals surface area contributed by atoms with Gasteiger partial charge in [0.15, 0.2) is 5.16 Å². The van der Waals surface area contributed by atoms with Gasteiger partial charge in [-0.15, -0.1) is 0 Å². The highest BCUT2D eigenvalue weighted by molar-refractivity contribution is 7.98. The number of hydrogen-bond donors (Lipinski definition) is 2. The number of thioether (sulfide) groups is 1. The molecule has 2 aromatic carbocycles. The molecule has 1 aromatic heterocycles. The normalized spacial score (nSPS) is 11.8. The number of carbonyl (C=O) groups excluding carboxylic acids is 2. The highest BCUT2D eigenvalue weighted by atomic mass is 32.2. The molecule has 138 valence electrons. The third kappa shape index (κ3) is 4.01. The highest BCUT2D eigenvalue weighted by Crippen LogP contribution is 2.23. The van der Waals surface area contributed by atoms with Crippen LogP contribution in [-0.4, -0.2) is 27.6 Å². The molecule has 1 atom stereocenters. The SMILES string of the molecule is CSc1ncc(C(=O)NC(C(N)=O)c2ccccc2)n1-c1ccc(F)cc1. The number of rotatable bonds is 6. The topological polar surface area (TPSA) is 90.0 Å². The Morgan fingerprint density at radius 1 is 1.15 bits per heavy atom. The van der Waals surface area contributed by atoms with Crippen LogP contribution in [0.4, 0.5) is 4.39 Å². The van der Waals surface area contributed by atoms with Crippen molar-refractivity contribution >= 4 is 23.6 Å². The van der Waals surface area contributed by atoms with Gasteiger partial charge in [-0.2, -0.15) is 0 Å². The van der Waals surface area contributed by atoms with Crippen molar-refractivity contribution in [2.45, 2.75) is 11.2 Å². The van der Waals surface area contributed by atoms with E-state index in [1.54, 1.807) is 47.0 Å². The molecule has 27 heavy (non-hydrogen) atoms. The van der Waals surface area contributed by atoms with E-state index in [9.17, 15) is 14.0 Å². The molecule has 0 aliphatic rings. The number of benzene rings is 2. The molecule has 0 saturated carbocycles. The summed E-state index contributed by atoms with van der Waals surface area (Å²) in [7, 11) is 0. The second kappa shape index (κ2) is 8.05. The van der Waals surface area contributed by atoms with E-state index in [4.69, 9.17) is 5.73 Å². The van der Waals surface area contributed by atoms with Crippen LogP contribution < -0.4 is 11.1 Å². The zero-order chi connectivity index (χ0) is 19.4. The molecule has 0 radical (unpaired) electrons. The van der Waals surface area contributed by atoms with Crippen LogP contribution in [0.1, 0.15) is 22.1 Å². The molecule has 3 aromatic rings. The van der Waals surface area contributed by atoms with Crippen molar-refractivity contribution in [3.63, 3.8) is 0 Å². The van der Waals surface area contributed by atoms with Crippen molar-refractivity contribution in [3.05, 3.63) is 77.9 Å². The molecule has 0 fully saturated rings. The first-order valence-electron chi connectivity index (χ1n) is 8.04. The Labute approximate surface area is 159 Å². The number of primary amides is 1. The molecule has 3 N–H and O–H groups in total. The van der Waals surface area contributed by atoms with Gasteiger partial charge in [-0.1, -0.05) is 42.1 Å². The van der Waals surface area contributed by atoms with Gasteiger partial charge in [0.1, 0.15) is 17.6 Å². The zero-order valence-electron chi connectivity index (χ0n) is 14.4. The van der Waals surface area contributed by atoms with Crippen molar-refractivity contribution in [1.82, 2.24) is 14.9 Å². The lowest BCUT2D eigenvalue weighted by molar-refractivity contribution is -0.120. The number of nitrogens with one attached hydrogen (secondary N) is 1. The monoisotopic (exact) mass is 384 g/mol. The van der Waals surface area contributed by atoms with Crippen molar-refractivity contribution in [1.29, 1.82) is 0 Å². The smallest absolute Gasteiger partial charge is 0.270 e. The van der Waals surface area contributed by atoms with Gasteiger partial charge in [0, 0.05) is 5.69 Å². The Bertz CT molecular complexity index is 958. The van der Waals surface area contributed by atoms with Crippen LogP contribution in [0.3, 0.4) is 0 Å². The first-order chi connectivity index (χ1) is 13.0. The maximum Gasteiger partial charge on any atom is 0.270 e. The summed E-state index contributed by atoms with van der Waals surface area (Å²) in [6.45, 7) is 0. The number of amides is 2. The van der Waals surface area contributed by atoms with E-state index in [1.165, 1.54) is 30.1 Å². The molecule has 0 spiro atoms. The molecule has 6 nitrogen and oxygen atoms in total. The minimum Gasteiger partial charge on any atom is -0.368 e. The standard InChI is InChI=1S/C19H17FN4O2S/c1-27-19-22-11-15(24(19)14-9-7-13(20)8-10-14)18(26)23-16(17(21)25)12-5-3-2-4-6-12/h2-11,16H,1H3,(H2,21,25)(H,23,26). The minimum atomic E-state index is -0.979. The van der Waals surface area contributed by atoms with E-state index < -0.39 is 17.9 Å². The van der Waals surface area contributed by atoms with Crippen LogP contribution in [0.25, 0.3) is 5.69 Å². The van der Waals surface area contributed by atoms with E-state index in [0.717, 1.165) is 0 Å². The van der Waals surface area contributed by atoms with Gasteiger partial charge in [-0.05, 0) is 36.1 Å². The maximum absolute atomic E-state index is 13.3. The summed E-state index contributed by atoms with van der Waals surface area (Å²) in [5.74, 6) is -1.57. The van der Waals surface area contributed by atoms with E-state index in [0.29, 0.717) is 16.4 Å². The summed E-state index contributed by atoms with van der Waals surface area (Å²) in [4.78, 5) is 29.0. The number of halogens is 1. The average molecular weight is 384 g/mol. The predicted octanol–water partition coefficient (Wildman–Crippen LogP) is 2.69. The molecule has 0 saturated heterocycles. The predicted molar refractivity (Wildman–Crippen MR) is 101 cm³/mol. The second-order valence-electron chi connectivity index (χ2n) is 5.66. The van der Waals surface area contributed by atoms with Gasteiger partial charge in [0.05, 0.1) is 6.20 Å². The van der Waals surface area contributed by atoms with Crippen molar-refractivity contribution in [2.75, 3.05) is 6.26 Å². The van der Waals surface area contributed by atoms with Crippen LogP contribution in [0.15, 0.2) is 66.0 Å².